The number of nitrogens with one attached hydrogen (secondary N) is 2. The Morgan fingerprint density at radius 1 is 0.969 bits per heavy atom. The summed E-state index contributed by atoms with van der Waals surface area (Å²) >= 11 is 0. The molecule has 2 amide bonds. The molecule has 0 spiro atoms. The van der Waals surface area contributed by atoms with Crippen molar-refractivity contribution in [2.45, 2.75) is 20.8 Å². The molecule has 0 aromatic heterocycles. The van der Waals surface area contributed by atoms with Crippen molar-refractivity contribution in [1.82, 2.24) is 15.5 Å². The Morgan fingerprint density at radius 3 is 2.22 bits per heavy atom. The molecule has 0 unspecified atom stereocenters. The van der Waals surface area contributed by atoms with Crippen molar-refractivity contribution in [1.29, 1.82) is 0 Å². The molecule has 0 heterocycles. The van der Waals surface area contributed by atoms with Gasteiger partial charge >= 0.3 is 0 Å². The summed E-state index contributed by atoms with van der Waals surface area (Å²) in [7, 11) is 3.11. The van der Waals surface area contributed by atoms with Gasteiger partial charge in [-0.1, -0.05) is 37.6 Å². The molecule has 0 aliphatic heterocycles. The number of nitrogens with zero attached hydrogens (tertiary/aromatic N) is 1. The number of aryl methyl sites for hydroxylation is 1. The van der Waals surface area contributed by atoms with E-state index in [0.717, 1.165) is 25.2 Å². The summed E-state index contributed by atoms with van der Waals surface area (Å²) in [5.74, 6) is 0.411. The molecule has 0 radical (unpaired) electrons. The van der Waals surface area contributed by atoms with Gasteiger partial charge in [0.1, 0.15) is 5.70 Å². The highest BCUT2D eigenvalue weighted by Gasteiger charge is 2.15. The van der Waals surface area contributed by atoms with Crippen molar-refractivity contribution in [2.75, 3.05) is 40.4 Å². The standard InChI is InChI=1S/C25H33N3O4/c1-6-28(7-2)15-14-26-25(30)21(27-24(29)20-11-8-18(3)9-12-20)16-19-10-13-22(31-4)23(17-19)32-5/h8-13,16-17H,6-7,14-15H2,1-5H3,(H,26,30)(H,27,29)/b21-16+. The number of carbonyl (C=O) groups excluding carboxylic acids is 2. The van der Waals surface area contributed by atoms with Crippen molar-refractivity contribution >= 4 is 17.9 Å². The van der Waals surface area contributed by atoms with E-state index in [2.05, 4.69) is 29.4 Å². The number of rotatable bonds is 11. The van der Waals surface area contributed by atoms with Crippen LogP contribution in [0.25, 0.3) is 6.08 Å². The first kappa shape index (κ1) is 24.9. The zero-order valence-corrected chi connectivity index (χ0v) is 19.5. The molecule has 0 saturated carbocycles. The molecule has 0 bridgehead atoms. The van der Waals surface area contributed by atoms with E-state index in [-0.39, 0.29) is 17.5 Å². The Labute approximate surface area is 190 Å². The minimum absolute atomic E-state index is 0.155. The Bertz CT molecular complexity index is 935. The van der Waals surface area contributed by atoms with Gasteiger partial charge in [-0.15, -0.1) is 0 Å². The van der Waals surface area contributed by atoms with E-state index in [1.807, 2.05) is 19.1 Å². The molecule has 2 N–H and O–H groups in total. The van der Waals surface area contributed by atoms with E-state index in [0.29, 0.717) is 29.2 Å². The first-order valence-corrected chi connectivity index (χ1v) is 10.7. The van der Waals surface area contributed by atoms with E-state index in [1.54, 1.807) is 50.6 Å². The van der Waals surface area contributed by atoms with Crippen molar-refractivity contribution < 1.29 is 19.1 Å². The summed E-state index contributed by atoms with van der Waals surface area (Å²) in [6.45, 7) is 9.13. The number of methoxy groups -OCH3 is 2. The van der Waals surface area contributed by atoms with Crippen LogP contribution in [-0.4, -0.2) is 57.1 Å². The molecule has 2 aromatic rings. The molecule has 0 atom stereocenters. The van der Waals surface area contributed by atoms with Crippen LogP contribution in [0.4, 0.5) is 0 Å². The van der Waals surface area contributed by atoms with E-state index >= 15 is 0 Å². The van der Waals surface area contributed by atoms with Gasteiger partial charge in [0.05, 0.1) is 14.2 Å². The second-order valence-electron chi connectivity index (χ2n) is 7.28. The third kappa shape index (κ3) is 7.13. The molecule has 0 aliphatic carbocycles. The third-order valence-electron chi connectivity index (χ3n) is 5.13. The van der Waals surface area contributed by atoms with Gasteiger partial charge in [-0.25, -0.2) is 0 Å². The van der Waals surface area contributed by atoms with Gasteiger partial charge < -0.3 is 25.0 Å². The summed E-state index contributed by atoms with van der Waals surface area (Å²) in [5.41, 5.74) is 2.38. The first-order valence-electron chi connectivity index (χ1n) is 10.7. The van der Waals surface area contributed by atoms with Crippen LogP contribution in [0.5, 0.6) is 11.5 Å². The molecular weight excluding hydrogens is 406 g/mol. The fourth-order valence-corrected chi connectivity index (χ4v) is 3.13. The van der Waals surface area contributed by atoms with Crippen LogP contribution < -0.4 is 20.1 Å². The van der Waals surface area contributed by atoms with Crippen LogP contribution in [0.3, 0.4) is 0 Å². The van der Waals surface area contributed by atoms with E-state index < -0.39 is 0 Å². The average Bonchev–Trinajstić information content (AvgIpc) is 2.81. The molecule has 0 saturated heterocycles. The lowest BCUT2D eigenvalue weighted by Gasteiger charge is -2.18. The lowest BCUT2D eigenvalue weighted by atomic mass is 10.1. The fourth-order valence-electron chi connectivity index (χ4n) is 3.13. The highest BCUT2D eigenvalue weighted by molar-refractivity contribution is 6.05. The molecule has 0 aliphatic rings. The van der Waals surface area contributed by atoms with Gasteiger partial charge in [-0.2, -0.15) is 0 Å². The summed E-state index contributed by atoms with van der Waals surface area (Å²) in [6, 6.07) is 12.5. The number of hydrogen-bond acceptors (Lipinski definition) is 5. The summed E-state index contributed by atoms with van der Waals surface area (Å²) in [5, 5.41) is 5.66. The van der Waals surface area contributed by atoms with E-state index in [4.69, 9.17) is 9.47 Å². The molecule has 0 fully saturated rings. The van der Waals surface area contributed by atoms with Crippen molar-refractivity contribution in [3.05, 3.63) is 64.9 Å². The predicted octanol–water partition coefficient (Wildman–Crippen LogP) is 3.24. The number of amides is 2. The molecule has 7 heteroatoms. The Kier molecular flexibility index (Phi) is 9.76. The minimum Gasteiger partial charge on any atom is -0.493 e. The molecule has 32 heavy (non-hydrogen) atoms. The van der Waals surface area contributed by atoms with Crippen LogP contribution >= 0.6 is 0 Å². The molecule has 7 nitrogen and oxygen atoms in total. The van der Waals surface area contributed by atoms with Crippen molar-refractivity contribution in [3.8, 4) is 11.5 Å². The maximum Gasteiger partial charge on any atom is 0.267 e. The highest BCUT2D eigenvalue weighted by Crippen LogP contribution is 2.28. The average molecular weight is 440 g/mol. The summed E-state index contributed by atoms with van der Waals surface area (Å²) < 4.78 is 10.6. The van der Waals surface area contributed by atoms with Crippen LogP contribution in [0.15, 0.2) is 48.2 Å². The molecule has 172 valence electrons. The summed E-state index contributed by atoms with van der Waals surface area (Å²) in [6.07, 6.45) is 1.63. The van der Waals surface area contributed by atoms with Crippen LogP contribution in [0.1, 0.15) is 35.3 Å². The molecular formula is C25H33N3O4. The SMILES string of the molecule is CCN(CC)CCNC(=O)/C(=C\c1ccc(OC)c(OC)c1)NC(=O)c1ccc(C)cc1. The fraction of sp³-hybridized carbons (Fsp3) is 0.360. The van der Waals surface area contributed by atoms with E-state index in [9.17, 15) is 9.59 Å². The minimum atomic E-state index is -0.354. The maximum absolute atomic E-state index is 12.9. The number of carbonyl (C=O) groups is 2. The number of benzene rings is 2. The quantitative estimate of drug-likeness (QED) is 0.526. The van der Waals surface area contributed by atoms with Gasteiger partial charge in [0.25, 0.3) is 11.8 Å². The van der Waals surface area contributed by atoms with Gasteiger partial charge in [-0.3, -0.25) is 9.59 Å². The van der Waals surface area contributed by atoms with Crippen LogP contribution in [-0.2, 0) is 4.79 Å². The largest absolute Gasteiger partial charge is 0.493 e. The van der Waals surface area contributed by atoms with Gasteiger partial charge in [0.2, 0.25) is 0 Å². The Balaban J connectivity index is 2.27. The van der Waals surface area contributed by atoms with Gasteiger partial charge in [0.15, 0.2) is 11.5 Å². The Hall–Kier alpha value is -3.32. The lowest BCUT2D eigenvalue weighted by molar-refractivity contribution is -0.117. The third-order valence-corrected chi connectivity index (χ3v) is 5.13. The lowest BCUT2D eigenvalue weighted by Crippen LogP contribution is -2.39. The second kappa shape index (κ2) is 12.5. The van der Waals surface area contributed by atoms with Crippen LogP contribution in [0, 0.1) is 6.92 Å². The topological polar surface area (TPSA) is 79.9 Å². The number of ether oxygens (including phenoxy) is 2. The monoisotopic (exact) mass is 439 g/mol. The van der Waals surface area contributed by atoms with Gasteiger partial charge in [0, 0.05) is 18.7 Å². The van der Waals surface area contributed by atoms with E-state index in [1.165, 1.54) is 0 Å². The maximum atomic E-state index is 12.9. The van der Waals surface area contributed by atoms with Crippen molar-refractivity contribution in [2.24, 2.45) is 0 Å². The number of likely N-dealkylation sites (N-methyl/N-ethyl adjacent to an activating group) is 1. The Morgan fingerprint density at radius 2 is 1.62 bits per heavy atom. The highest BCUT2D eigenvalue weighted by atomic mass is 16.5. The first-order chi connectivity index (χ1) is 15.4. The molecule has 2 aromatic carbocycles. The zero-order chi connectivity index (χ0) is 23.5. The predicted molar refractivity (Wildman–Crippen MR) is 127 cm³/mol. The van der Waals surface area contributed by atoms with Crippen LogP contribution in [0.2, 0.25) is 0 Å². The molecule has 2 rings (SSSR count). The second-order valence-corrected chi connectivity index (χ2v) is 7.28. The summed E-state index contributed by atoms with van der Waals surface area (Å²) in [4.78, 5) is 27.9. The normalized spacial score (nSPS) is 11.2. The number of hydrogen-bond donors (Lipinski definition) is 2. The van der Waals surface area contributed by atoms with Crippen molar-refractivity contribution in [3.63, 3.8) is 0 Å². The zero-order valence-electron chi connectivity index (χ0n) is 19.5. The smallest absolute Gasteiger partial charge is 0.267 e. The van der Waals surface area contributed by atoms with Gasteiger partial charge in [-0.05, 0) is 55.9 Å².